The molecule has 0 aromatic rings. The van der Waals surface area contributed by atoms with E-state index in [1.54, 1.807) is 0 Å². The Morgan fingerprint density at radius 2 is 0.300 bits per heavy atom. The molecule has 0 aromatic heterocycles. The quantitative estimate of drug-likeness (QED) is 0.0596. The first-order valence-corrected chi connectivity index (χ1v) is 32.9. The fourth-order valence-electron chi connectivity index (χ4n) is 10.8. The molecule has 0 aliphatic heterocycles. The summed E-state index contributed by atoms with van der Waals surface area (Å²) in [6, 6.07) is 0. The minimum atomic E-state index is -0.558. The minimum Gasteiger partial charge on any atom is -0.481 e. The van der Waals surface area contributed by atoms with Crippen molar-refractivity contribution in [3.63, 3.8) is 0 Å². The van der Waals surface area contributed by atoms with Gasteiger partial charge in [0.25, 0.3) is 0 Å². The normalized spacial score (nSPS) is 12.3. The zero-order valence-corrected chi connectivity index (χ0v) is 48.9. The summed E-state index contributed by atoms with van der Waals surface area (Å²) in [5.41, 5.74) is 0. The summed E-state index contributed by atoms with van der Waals surface area (Å²) < 4.78 is 0. The Hall–Kier alpha value is -1.06. The number of hydrogen-bond donors (Lipinski definition) is 2. The van der Waals surface area contributed by atoms with E-state index in [2.05, 4.69) is 27.7 Å². The molecule has 0 saturated carbocycles. The SMILES string of the molecule is CCCCCCCCCCCCCCCCCCC(CCCCCCCCCCCC)C(=O)O.CCCCCCCCCCCCCCCCCCC(CCCCCCCCCCCCCC)C(=O)O. The third-order valence-corrected chi connectivity index (χ3v) is 15.8. The summed E-state index contributed by atoms with van der Waals surface area (Å²) in [5.74, 6) is -1.31. The van der Waals surface area contributed by atoms with Crippen LogP contribution in [0.1, 0.15) is 400 Å². The van der Waals surface area contributed by atoms with Crippen molar-refractivity contribution in [2.24, 2.45) is 11.8 Å². The number of hydrogen-bond acceptors (Lipinski definition) is 2. The Morgan fingerprint density at radius 3 is 0.400 bits per heavy atom. The van der Waals surface area contributed by atoms with Crippen molar-refractivity contribution in [1.82, 2.24) is 0 Å². The summed E-state index contributed by atoms with van der Waals surface area (Å²) in [5, 5.41) is 19.1. The molecule has 0 spiro atoms. The molecule has 2 atom stereocenters. The molecular weight excluding hydrogens is 857 g/mol. The fraction of sp³-hybridized carbons (Fsp3) is 0.970. The first kappa shape index (κ1) is 71.0. The Kier molecular flexibility index (Phi) is 65.0. The van der Waals surface area contributed by atoms with Gasteiger partial charge in [-0.1, -0.05) is 374 Å². The molecule has 0 aliphatic carbocycles. The maximum absolute atomic E-state index is 11.6. The maximum atomic E-state index is 11.6. The summed E-state index contributed by atoms with van der Waals surface area (Å²) in [6.07, 6.45) is 76.9. The second-order valence-electron chi connectivity index (χ2n) is 22.9. The number of unbranched alkanes of at least 4 members (excludes halogenated alkanes) is 50. The minimum absolute atomic E-state index is 0.0966. The highest BCUT2D eigenvalue weighted by molar-refractivity contribution is 5.70. The molecule has 2 N–H and O–H groups in total. The molecule has 0 heterocycles. The maximum Gasteiger partial charge on any atom is 0.306 e. The lowest BCUT2D eigenvalue weighted by Crippen LogP contribution is -2.13. The summed E-state index contributed by atoms with van der Waals surface area (Å²) in [4.78, 5) is 23.2. The molecule has 0 aromatic carbocycles. The van der Waals surface area contributed by atoms with Gasteiger partial charge in [-0.2, -0.15) is 0 Å². The molecule has 2 unspecified atom stereocenters. The largest absolute Gasteiger partial charge is 0.481 e. The van der Waals surface area contributed by atoms with Crippen LogP contribution in [-0.2, 0) is 9.59 Å². The van der Waals surface area contributed by atoms with E-state index in [9.17, 15) is 19.8 Å². The van der Waals surface area contributed by atoms with Gasteiger partial charge < -0.3 is 10.2 Å². The molecule has 420 valence electrons. The van der Waals surface area contributed by atoms with Crippen LogP contribution in [0, 0.1) is 11.8 Å². The van der Waals surface area contributed by atoms with E-state index in [4.69, 9.17) is 0 Å². The summed E-state index contributed by atoms with van der Waals surface area (Å²) >= 11 is 0. The van der Waals surface area contributed by atoms with Crippen molar-refractivity contribution in [2.45, 2.75) is 400 Å². The van der Waals surface area contributed by atoms with Crippen LogP contribution in [0.5, 0.6) is 0 Å². The predicted octanol–water partition coefficient (Wildman–Crippen LogP) is 24.1. The molecule has 4 heteroatoms. The molecule has 0 bridgehead atoms. The Bertz CT molecular complexity index is 964. The Balaban J connectivity index is 0. The van der Waals surface area contributed by atoms with Crippen molar-refractivity contribution in [2.75, 3.05) is 0 Å². The number of rotatable bonds is 60. The monoisotopic (exact) mass is 989 g/mol. The van der Waals surface area contributed by atoms with E-state index < -0.39 is 11.9 Å². The molecule has 0 fully saturated rings. The molecule has 0 radical (unpaired) electrons. The molecule has 0 amide bonds. The molecule has 0 rings (SSSR count). The molecule has 70 heavy (non-hydrogen) atoms. The number of carboxylic acids is 2. The lowest BCUT2D eigenvalue weighted by Gasteiger charge is -2.12. The molecular formula is C66H132O4. The van der Waals surface area contributed by atoms with Gasteiger partial charge in [-0.15, -0.1) is 0 Å². The zero-order chi connectivity index (χ0) is 51.3. The van der Waals surface area contributed by atoms with Crippen LogP contribution in [0.3, 0.4) is 0 Å². The van der Waals surface area contributed by atoms with E-state index >= 15 is 0 Å². The highest BCUT2D eigenvalue weighted by Gasteiger charge is 2.17. The Morgan fingerprint density at radius 1 is 0.200 bits per heavy atom. The summed E-state index contributed by atoms with van der Waals surface area (Å²) in [6.45, 7) is 9.12. The van der Waals surface area contributed by atoms with Crippen molar-refractivity contribution in [3.05, 3.63) is 0 Å². The Labute approximate surface area is 441 Å². The van der Waals surface area contributed by atoms with Gasteiger partial charge >= 0.3 is 11.9 Å². The fourth-order valence-corrected chi connectivity index (χ4v) is 10.8. The lowest BCUT2D eigenvalue weighted by atomic mass is 9.94. The van der Waals surface area contributed by atoms with Crippen molar-refractivity contribution in [1.29, 1.82) is 0 Å². The van der Waals surface area contributed by atoms with E-state index in [-0.39, 0.29) is 11.8 Å². The number of aliphatic carboxylic acids is 2. The van der Waals surface area contributed by atoms with Crippen LogP contribution >= 0.6 is 0 Å². The van der Waals surface area contributed by atoms with E-state index in [0.29, 0.717) is 0 Å². The number of carboxylic acid groups (broad SMARTS) is 2. The highest BCUT2D eigenvalue weighted by atomic mass is 16.4. The van der Waals surface area contributed by atoms with Gasteiger partial charge in [0.2, 0.25) is 0 Å². The van der Waals surface area contributed by atoms with Gasteiger partial charge in [0, 0.05) is 0 Å². The topological polar surface area (TPSA) is 74.6 Å². The van der Waals surface area contributed by atoms with Gasteiger partial charge in [-0.3, -0.25) is 9.59 Å². The average Bonchev–Trinajstić information content (AvgIpc) is 3.35. The van der Waals surface area contributed by atoms with Gasteiger partial charge in [0.15, 0.2) is 0 Å². The average molecular weight is 990 g/mol. The van der Waals surface area contributed by atoms with Gasteiger partial charge in [-0.25, -0.2) is 0 Å². The smallest absolute Gasteiger partial charge is 0.306 e. The third kappa shape index (κ3) is 61.2. The first-order valence-electron chi connectivity index (χ1n) is 32.9. The zero-order valence-electron chi connectivity index (χ0n) is 48.9. The predicted molar refractivity (Wildman–Crippen MR) is 313 cm³/mol. The van der Waals surface area contributed by atoms with Crippen LogP contribution in [-0.4, -0.2) is 22.2 Å². The van der Waals surface area contributed by atoms with Crippen LogP contribution in [0.25, 0.3) is 0 Å². The van der Waals surface area contributed by atoms with Crippen LogP contribution < -0.4 is 0 Å². The first-order chi connectivity index (χ1) is 34.4. The van der Waals surface area contributed by atoms with Gasteiger partial charge in [0.1, 0.15) is 0 Å². The van der Waals surface area contributed by atoms with Crippen LogP contribution in [0.15, 0.2) is 0 Å². The molecule has 0 aliphatic rings. The van der Waals surface area contributed by atoms with E-state index in [1.165, 1.54) is 321 Å². The van der Waals surface area contributed by atoms with E-state index in [1.807, 2.05) is 0 Å². The van der Waals surface area contributed by atoms with Gasteiger partial charge in [0.05, 0.1) is 11.8 Å². The van der Waals surface area contributed by atoms with Crippen LogP contribution in [0.4, 0.5) is 0 Å². The molecule has 4 nitrogen and oxygen atoms in total. The molecule has 0 saturated heterocycles. The number of carbonyl (C=O) groups is 2. The standard InChI is InChI=1S/C34H68O2.C32H64O2/c1-3-5-7-9-11-13-15-17-18-19-20-22-24-26-28-30-32-33(34(35)36)31-29-27-25-23-21-16-14-12-10-8-6-4-2;1-3-5-7-9-11-13-15-16-17-18-19-20-22-24-26-28-30-31(32(33)34)29-27-25-23-21-14-12-10-8-6-4-2/h33H,3-32H2,1-2H3,(H,35,36);31H,3-30H2,1-2H3,(H,33,34). The van der Waals surface area contributed by atoms with Crippen molar-refractivity contribution in [3.8, 4) is 0 Å². The highest BCUT2D eigenvalue weighted by Crippen LogP contribution is 2.23. The van der Waals surface area contributed by atoms with Crippen molar-refractivity contribution < 1.29 is 19.8 Å². The van der Waals surface area contributed by atoms with Gasteiger partial charge in [-0.05, 0) is 25.7 Å². The van der Waals surface area contributed by atoms with Crippen LogP contribution in [0.2, 0.25) is 0 Å². The second kappa shape index (κ2) is 64.1. The second-order valence-corrected chi connectivity index (χ2v) is 22.9. The lowest BCUT2D eigenvalue weighted by molar-refractivity contribution is -0.143. The van der Waals surface area contributed by atoms with Crippen molar-refractivity contribution >= 4 is 11.9 Å². The third-order valence-electron chi connectivity index (χ3n) is 15.8. The summed E-state index contributed by atoms with van der Waals surface area (Å²) in [7, 11) is 0. The van der Waals surface area contributed by atoms with E-state index in [0.717, 1.165) is 51.4 Å².